The van der Waals surface area contributed by atoms with E-state index in [1.54, 1.807) is 104 Å². The van der Waals surface area contributed by atoms with Gasteiger partial charge in [-0.1, -0.05) is 84.9 Å². The molecule has 2 amide bonds. The highest BCUT2D eigenvalue weighted by atomic mass is 16.2. The molecule has 4 rings (SSSR count). The van der Waals surface area contributed by atoms with E-state index in [0.717, 1.165) is 0 Å². The Hall–Kier alpha value is -4.84. The summed E-state index contributed by atoms with van der Waals surface area (Å²) in [4.78, 5) is 50.2. The SMILES string of the molecule is C[C@@H](CNC(=O)c1ccc(C(=O)c2ccccc2)cc1)NC(=O)c1ccc(C(=O)c2ccccc2)cc1. The largest absolute Gasteiger partial charge is 0.350 e. The van der Waals surface area contributed by atoms with Gasteiger partial charge in [0.05, 0.1) is 0 Å². The summed E-state index contributed by atoms with van der Waals surface area (Å²) in [6.45, 7) is 2.01. The summed E-state index contributed by atoms with van der Waals surface area (Å²) in [7, 11) is 0. The van der Waals surface area contributed by atoms with E-state index in [9.17, 15) is 19.2 Å². The van der Waals surface area contributed by atoms with Gasteiger partial charge in [0.25, 0.3) is 11.8 Å². The minimum Gasteiger partial charge on any atom is -0.350 e. The summed E-state index contributed by atoms with van der Waals surface area (Å²) in [5.41, 5.74) is 3.01. The molecule has 6 heteroatoms. The number of hydrogen-bond acceptors (Lipinski definition) is 4. The van der Waals surface area contributed by atoms with Gasteiger partial charge in [-0.2, -0.15) is 0 Å². The standard InChI is InChI=1S/C31H26N2O4/c1-21(33-31(37)27-18-14-25(15-19-27)29(35)23-10-6-3-7-11-23)20-32-30(36)26-16-12-24(13-17-26)28(34)22-8-4-2-5-9-22/h2-19,21H,20H2,1H3,(H,32,36)(H,33,37)/t21-/m0/s1. The molecule has 0 unspecified atom stereocenters. The van der Waals surface area contributed by atoms with Crippen LogP contribution in [0.4, 0.5) is 0 Å². The highest BCUT2D eigenvalue weighted by Crippen LogP contribution is 2.13. The van der Waals surface area contributed by atoms with Crippen molar-refractivity contribution in [1.82, 2.24) is 10.6 Å². The Labute approximate surface area is 215 Å². The van der Waals surface area contributed by atoms with Crippen molar-refractivity contribution >= 4 is 23.4 Å². The Morgan fingerprint density at radius 1 is 0.514 bits per heavy atom. The van der Waals surface area contributed by atoms with Gasteiger partial charge >= 0.3 is 0 Å². The first kappa shape index (κ1) is 25.3. The highest BCUT2D eigenvalue weighted by Gasteiger charge is 2.15. The molecule has 6 nitrogen and oxygen atoms in total. The first-order chi connectivity index (χ1) is 17.9. The number of nitrogens with one attached hydrogen (secondary N) is 2. The van der Waals surface area contributed by atoms with E-state index in [2.05, 4.69) is 10.6 Å². The summed E-state index contributed by atoms with van der Waals surface area (Å²) in [5.74, 6) is -0.824. The summed E-state index contributed by atoms with van der Waals surface area (Å²) in [6.07, 6.45) is 0. The summed E-state index contributed by atoms with van der Waals surface area (Å²) >= 11 is 0. The molecule has 0 saturated carbocycles. The van der Waals surface area contributed by atoms with Crippen LogP contribution in [0.15, 0.2) is 109 Å². The average Bonchev–Trinajstić information content (AvgIpc) is 2.96. The van der Waals surface area contributed by atoms with Crippen LogP contribution in [0.25, 0.3) is 0 Å². The van der Waals surface area contributed by atoms with E-state index in [0.29, 0.717) is 33.4 Å². The zero-order valence-corrected chi connectivity index (χ0v) is 20.3. The monoisotopic (exact) mass is 490 g/mol. The molecule has 0 bridgehead atoms. The molecule has 1 atom stereocenters. The zero-order valence-electron chi connectivity index (χ0n) is 20.3. The van der Waals surface area contributed by atoms with Crippen LogP contribution in [0.3, 0.4) is 0 Å². The molecule has 0 aliphatic rings. The number of hydrogen-bond donors (Lipinski definition) is 2. The van der Waals surface area contributed by atoms with Crippen LogP contribution in [-0.4, -0.2) is 36.0 Å². The van der Waals surface area contributed by atoms with E-state index >= 15 is 0 Å². The van der Waals surface area contributed by atoms with E-state index in [4.69, 9.17) is 0 Å². The lowest BCUT2D eigenvalue weighted by Gasteiger charge is -2.15. The summed E-state index contributed by atoms with van der Waals surface area (Å²) in [5, 5.41) is 5.64. The molecule has 4 aromatic rings. The molecular weight excluding hydrogens is 464 g/mol. The van der Waals surface area contributed by atoms with Gasteiger partial charge in [0, 0.05) is 46.0 Å². The van der Waals surface area contributed by atoms with Crippen molar-refractivity contribution in [1.29, 1.82) is 0 Å². The van der Waals surface area contributed by atoms with Crippen LogP contribution in [0.2, 0.25) is 0 Å². The topological polar surface area (TPSA) is 92.3 Å². The molecule has 0 aromatic heterocycles. The minimum atomic E-state index is -0.332. The molecule has 0 heterocycles. The number of rotatable bonds is 9. The maximum absolute atomic E-state index is 12.6. The number of ketones is 2. The molecule has 0 radical (unpaired) electrons. The average molecular weight is 491 g/mol. The van der Waals surface area contributed by atoms with Crippen LogP contribution in [-0.2, 0) is 0 Å². The third-order valence-corrected chi connectivity index (χ3v) is 5.84. The lowest BCUT2D eigenvalue weighted by atomic mass is 10.0. The predicted octanol–water partition coefficient (Wildman–Crippen LogP) is 4.70. The van der Waals surface area contributed by atoms with E-state index in [1.165, 1.54) is 0 Å². The molecule has 0 aliphatic carbocycles. The van der Waals surface area contributed by atoms with Gasteiger partial charge in [0.1, 0.15) is 0 Å². The Morgan fingerprint density at radius 2 is 0.865 bits per heavy atom. The smallest absolute Gasteiger partial charge is 0.251 e. The van der Waals surface area contributed by atoms with E-state index < -0.39 is 0 Å². The fourth-order valence-electron chi connectivity index (χ4n) is 3.76. The maximum Gasteiger partial charge on any atom is 0.251 e. The molecule has 0 aliphatic heterocycles. The van der Waals surface area contributed by atoms with E-state index in [-0.39, 0.29) is 36.0 Å². The molecule has 4 aromatic carbocycles. The minimum absolute atomic E-state index is 0.110. The van der Waals surface area contributed by atoms with Crippen molar-refractivity contribution in [3.63, 3.8) is 0 Å². The Morgan fingerprint density at radius 3 is 1.30 bits per heavy atom. The predicted molar refractivity (Wildman–Crippen MR) is 142 cm³/mol. The zero-order chi connectivity index (χ0) is 26.2. The molecule has 184 valence electrons. The van der Waals surface area contributed by atoms with Crippen molar-refractivity contribution in [2.24, 2.45) is 0 Å². The second-order valence-electron chi connectivity index (χ2n) is 8.63. The highest BCUT2D eigenvalue weighted by molar-refractivity contribution is 6.10. The van der Waals surface area contributed by atoms with Crippen molar-refractivity contribution in [2.75, 3.05) is 6.54 Å². The Kier molecular flexibility index (Phi) is 8.01. The summed E-state index contributed by atoms with van der Waals surface area (Å²) in [6, 6.07) is 30.5. The van der Waals surface area contributed by atoms with Gasteiger partial charge in [-0.3, -0.25) is 19.2 Å². The molecular formula is C31H26N2O4. The van der Waals surface area contributed by atoms with Gasteiger partial charge in [-0.15, -0.1) is 0 Å². The first-order valence-corrected chi connectivity index (χ1v) is 11.9. The number of benzene rings is 4. The molecule has 0 fully saturated rings. The van der Waals surface area contributed by atoms with Gasteiger partial charge in [-0.25, -0.2) is 0 Å². The maximum atomic E-state index is 12.6. The first-order valence-electron chi connectivity index (χ1n) is 11.9. The third-order valence-electron chi connectivity index (χ3n) is 5.84. The van der Waals surface area contributed by atoms with Crippen LogP contribution >= 0.6 is 0 Å². The quantitative estimate of drug-likeness (QED) is 0.333. The second-order valence-corrected chi connectivity index (χ2v) is 8.63. The fourth-order valence-corrected chi connectivity index (χ4v) is 3.76. The summed E-state index contributed by atoms with van der Waals surface area (Å²) < 4.78 is 0. The van der Waals surface area contributed by atoms with Gasteiger partial charge in [-0.05, 0) is 31.2 Å². The van der Waals surface area contributed by atoms with Crippen LogP contribution < -0.4 is 10.6 Å². The van der Waals surface area contributed by atoms with Crippen LogP contribution in [0, 0.1) is 0 Å². The molecule has 0 saturated heterocycles. The van der Waals surface area contributed by atoms with Crippen molar-refractivity contribution in [3.05, 3.63) is 143 Å². The van der Waals surface area contributed by atoms with Crippen LogP contribution in [0.5, 0.6) is 0 Å². The second kappa shape index (κ2) is 11.7. The lowest BCUT2D eigenvalue weighted by Crippen LogP contribution is -2.41. The van der Waals surface area contributed by atoms with Crippen molar-refractivity contribution in [2.45, 2.75) is 13.0 Å². The fraction of sp³-hybridized carbons (Fsp3) is 0.0968. The van der Waals surface area contributed by atoms with Crippen LogP contribution in [0.1, 0.15) is 59.5 Å². The van der Waals surface area contributed by atoms with Crippen molar-refractivity contribution < 1.29 is 19.2 Å². The molecule has 2 N–H and O–H groups in total. The number of carbonyl (C=O) groups is 4. The molecule has 0 spiro atoms. The van der Waals surface area contributed by atoms with Gasteiger partial charge in [0.15, 0.2) is 11.6 Å². The van der Waals surface area contributed by atoms with Gasteiger partial charge < -0.3 is 10.6 Å². The lowest BCUT2D eigenvalue weighted by molar-refractivity contribution is 0.0912. The third kappa shape index (κ3) is 6.44. The molecule has 37 heavy (non-hydrogen) atoms. The van der Waals surface area contributed by atoms with Gasteiger partial charge in [0.2, 0.25) is 0 Å². The van der Waals surface area contributed by atoms with E-state index in [1.807, 2.05) is 12.1 Å². The van der Waals surface area contributed by atoms with Crippen molar-refractivity contribution in [3.8, 4) is 0 Å². The Bertz CT molecular complexity index is 1400. The Balaban J connectivity index is 1.27. The normalized spacial score (nSPS) is 11.3. The number of amides is 2. The number of carbonyl (C=O) groups excluding carboxylic acids is 4.